The number of piperazine rings is 1. The highest BCUT2D eigenvalue weighted by Crippen LogP contribution is 2.38. The van der Waals surface area contributed by atoms with Crippen molar-refractivity contribution in [2.45, 2.75) is 44.7 Å². The van der Waals surface area contributed by atoms with Crippen LogP contribution in [0.25, 0.3) is 0 Å². The second kappa shape index (κ2) is 5.77. The van der Waals surface area contributed by atoms with Crippen LogP contribution in [0.15, 0.2) is 0 Å². The molecular formula is C14H28N4O. The fraction of sp³-hybridized carbons (Fsp3) is 0.929. The van der Waals surface area contributed by atoms with Crippen LogP contribution in [0.5, 0.6) is 0 Å². The molecule has 2 fully saturated rings. The molecule has 1 saturated heterocycles. The van der Waals surface area contributed by atoms with Crippen LogP contribution in [0, 0.1) is 5.92 Å². The molecule has 1 aliphatic heterocycles. The normalized spacial score (nSPS) is 26.9. The topological polar surface area (TPSA) is 75.6 Å². The molecule has 0 aromatic heterocycles. The van der Waals surface area contributed by atoms with E-state index >= 15 is 0 Å². The molecule has 5 heteroatoms. The maximum atomic E-state index is 11.7. The van der Waals surface area contributed by atoms with Crippen molar-refractivity contribution in [3.63, 3.8) is 0 Å². The van der Waals surface area contributed by atoms with E-state index < -0.39 is 5.54 Å². The van der Waals surface area contributed by atoms with Gasteiger partial charge in [0.15, 0.2) is 0 Å². The van der Waals surface area contributed by atoms with E-state index in [4.69, 9.17) is 11.5 Å². The summed E-state index contributed by atoms with van der Waals surface area (Å²) in [5.74, 6) is -0.0306. The molecule has 1 amide bonds. The number of nitrogens with zero attached hydrogens (tertiary/aromatic N) is 2. The number of hydrogen-bond acceptors (Lipinski definition) is 4. The molecule has 2 unspecified atom stereocenters. The van der Waals surface area contributed by atoms with Gasteiger partial charge in [-0.1, -0.05) is 6.92 Å². The molecule has 0 radical (unpaired) electrons. The average Bonchev–Trinajstić information content (AvgIpc) is 3.23. The summed E-state index contributed by atoms with van der Waals surface area (Å²) in [5, 5.41) is 0. The molecule has 1 heterocycles. The molecule has 0 aromatic carbocycles. The highest BCUT2D eigenvalue weighted by Gasteiger charge is 2.47. The van der Waals surface area contributed by atoms with Gasteiger partial charge in [0.05, 0.1) is 0 Å². The third-order valence-electron chi connectivity index (χ3n) is 4.87. The summed E-state index contributed by atoms with van der Waals surface area (Å²) >= 11 is 0. The van der Waals surface area contributed by atoms with Gasteiger partial charge in [-0.2, -0.15) is 0 Å². The molecule has 0 bridgehead atoms. The Morgan fingerprint density at radius 1 is 1.32 bits per heavy atom. The van der Waals surface area contributed by atoms with E-state index in [9.17, 15) is 4.79 Å². The summed E-state index contributed by atoms with van der Waals surface area (Å²) in [4.78, 5) is 16.5. The first-order chi connectivity index (χ1) is 8.97. The quantitative estimate of drug-likeness (QED) is 0.711. The maximum absolute atomic E-state index is 11.7. The van der Waals surface area contributed by atoms with Crippen molar-refractivity contribution < 1.29 is 4.79 Å². The van der Waals surface area contributed by atoms with Crippen LogP contribution in [-0.4, -0.2) is 60.0 Å². The molecule has 0 aromatic rings. The summed E-state index contributed by atoms with van der Waals surface area (Å²) in [6.07, 6.45) is 3.28. The Morgan fingerprint density at radius 2 is 1.89 bits per heavy atom. The second-order valence-corrected chi connectivity index (χ2v) is 6.25. The Bertz CT molecular complexity index is 323. The number of amides is 1. The predicted molar refractivity (Wildman–Crippen MR) is 76.6 cm³/mol. The number of nitrogens with two attached hydrogens (primary N) is 2. The van der Waals surface area contributed by atoms with Crippen LogP contribution in [0.1, 0.15) is 33.1 Å². The third-order valence-corrected chi connectivity index (χ3v) is 4.87. The van der Waals surface area contributed by atoms with Crippen molar-refractivity contribution in [2.75, 3.05) is 32.7 Å². The van der Waals surface area contributed by atoms with E-state index in [1.165, 1.54) is 6.42 Å². The first kappa shape index (κ1) is 14.8. The minimum Gasteiger partial charge on any atom is -0.368 e. The zero-order chi connectivity index (χ0) is 14.0. The Labute approximate surface area is 116 Å². The highest BCUT2D eigenvalue weighted by molar-refractivity contribution is 5.85. The van der Waals surface area contributed by atoms with E-state index in [0.29, 0.717) is 18.5 Å². The molecule has 1 aliphatic carbocycles. The van der Waals surface area contributed by atoms with Gasteiger partial charge in [-0.25, -0.2) is 0 Å². The van der Waals surface area contributed by atoms with Crippen molar-refractivity contribution in [3.8, 4) is 0 Å². The van der Waals surface area contributed by atoms with Gasteiger partial charge in [-0.15, -0.1) is 0 Å². The van der Waals surface area contributed by atoms with Crippen molar-refractivity contribution in [1.82, 2.24) is 9.80 Å². The summed E-state index contributed by atoms with van der Waals surface area (Å²) in [6.45, 7) is 9.23. The van der Waals surface area contributed by atoms with Crippen LogP contribution in [0.3, 0.4) is 0 Å². The molecule has 0 spiro atoms. The zero-order valence-electron chi connectivity index (χ0n) is 12.3. The second-order valence-electron chi connectivity index (χ2n) is 6.25. The van der Waals surface area contributed by atoms with Gasteiger partial charge in [0.2, 0.25) is 5.91 Å². The summed E-state index contributed by atoms with van der Waals surface area (Å²) in [5.41, 5.74) is 11.0. The Kier molecular flexibility index (Phi) is 4.48. The first-order valence-electron chi connectivity index (χ1n) is 7.52. The molecule has 2 aliphatic rings. The summed E-state index contributed by atoms with van der Waals surface area (Å²) in [6, 6.07) is 0.643. The van der Waals surface area contributed by atoms with Crippen molar-refractivity contribution in [1.29, 1.82) is 0 Å². The lowest BCUT2D eigenvalue weighted by molar-refractivity contribution is -0.124. The highest BCUT2D eigenvalue weighted by atomic mass is 16.1. The molecule has 2 rings (SSSR count). The number of carbonyl (C=O) groups is 1. The SMILES string of the molecule is CCC(C)N1CCN(CC(N)(C(N)=O)C2CC2)CC1. The third kappa shape index (κ3) is 3.27. The van der Waals surface area contributed by atoms with Crippen molar-refractivity contribution in [3.05, 3.63) is 0 Å². The number of carbonyl (C=O) groups excluding carboxylic acids is 1. The van der Waals surface area contributed by atoms with Gasteiger partial charge in [0, 0.05) is 38.8 Å². The standard InChI is InChI=1S/C14H28N4O/c1-3-11(2)18-8-6-17(7-9-18)10-14(16,13(15)19)12-4-5-12/h11-12H,3-10,16H2,1-2H3,(H2,15,19). The molecule has 110 valence electrons. The molecule has 1 saturated carbocycles. The number of hydrogen-bond donors (Lipinski definition) is 2. The molecule has 2 atom stereocenters. The van der Waals surface area contributed by atoms with Crippen LogP contribution in [-0.2, 0) is 4.79 Å². The van der Waals surface area contributed by atoms with Gasteiger partial charge in [-0.05, 0) is 32.1 Å². The Morgan fingerprint density at radius 3 is 2.32 bits per heavy atom. The zero-order valence-corrected chi connectivity index (χ0v) is 12.3. The average molecular weight is 268 g/mol. The minimum absolute atomic E-state index is 0.303. The predicted octanol–water partition coefficient (Wildman–Crippen LogP) is -0.00470. The van der Waals surface area contributed by atoms with Gasteiger partial charge in [-0.3, -0.25) is 14.6 Å². The van der Waals surface area contributed by atoms with Gasteiger partial charge in [0.25, 0.3) is 0 Å². The van der Waals surface area contributed by atoms with Crippen molar-refractivity contribution >= 4 is 5.91 Å². The fourth-order valence-electron chi connectivity index (χ4n) is 3.00. The number of rotatable bonds is 6. The fourth-order valence-corrected chi connectivity index (χ4v) is 3.00. The summed E-state index contributed by atoms with van der Waals surface area (Å²) in [7, 11) is 0. The maximum Gasteiger partial charge on any atom is 0.239 e. The van der Waals surface area contributed by atoms with Gasteiger partial charge < -0.3 is 11.5 Å². The van der Waals surface area contributed by atoms with E-state index in [0.717, 1.165) is 39.0 Å². The molecule has 5 nitrogen and oxygen atoms in total. The van der Waals surface area contributed by atoms with Crippen LogP contribution >= 0.6 is 0 Å². The summed E-state index contributed by atoms with van der Waals surface area (Å²) < 4.78 is 0. The molecular weight excluding hydrogens is 240 g/mol. The van der Waals surface area contributed by atoms with Crippen molar-refractivity contribution in [2.24, 2.45) is 17.4 Å². The van der Waals surface area contributed by atoms with Crippen LogP contribution in [0.4, 0.5) is 0 Å². The first-order valence-corrected chi connectivity index (χ1v) is 7.52. The monoisotopic (exact) mass is 268 g/mol. The smallest absolute Gasteiger partial charge is 0.239 e. The molecule has 4 N–H and O–H groups in total. The Balaban J connectivity index is 1.86. The largest absolute Gasteiger partial charge is 0.368 e. The van der Waals surface area contributed by atoms with Crippen LogP contribution in [0.2, 0.25) is 0 Å². The van der Waals surface area contributed by atoms with Gasteiger partial charge >= 0.3 is 0 Å². The van der Waals surface area contributed by atoms with E-state index in [-0.39, 0.29) is 5.91 Å². The van der Waals surface area contributed by atoms with E-state index in [1.54, 1.807) is 0 Å². The molecule has 19 heavy (non-hydrogen) atoms. The van der Waals surface area contributed by atoms with Crippen LogP contribution < -0.4 is 11.5 Å². The lowest BCUT2D eigenvalue weighted by Gasteiger charge is -2.41. The lowest BCUT2D eigenvalue weighted by atomic mass is 9.92. The van der Waals surface area contributed by atoms with E-state index in [2.05, 4.69) is 23.6 Å². The van der Waals surface area contributed by atoms with Gasteiger partial charge in [0.1, 0.15) is 5.54 Å². The lowest BCUT2D eigenvalue weighted by Crippen LogP contribution is -2.63. The number of primary amides is 1. The Hall–Kier alpha value is -0.650. The van der Waals surface area contributed by atoms with E-state index in [1.807, 2.05) is 0 Å². The minimum atomic E-state index is -0.807.